The summed E-state index contributed by atoms with van der Waals surface area (Å²) in [5, 5.41) is 3.74. The number of nitrogens with one attached hydrogen (secondary N) is 1. The average molecular weight is 227 g/mol. The third-order valence-corrected chi connectivity index (χ3v) is 3.97. The van der Waals surface area contributed by atoms with Crippen LogP contribution < -0.4 is 5.32 Å². The summed E-state index contributed by atoms with van der Waals surface area (Å²) in [6.07, 6.45) is 5.85. The number of hydrogen-bond donors (Lipinski definition) is 1. The Morgan fingerprint density at radius 2 is 2.12 bits per heavy atom. The van der Waals surface area contributed by atoms with Crippen molar-refractivity contribution in [3.05, 3.63) is 0 Å². The van der Waals surface area contributed by atoms with Gasteiger partial charge in [-0.05, 0) is 39.0 Å². The van der Waals surface area contributed by atoms with Gasteiger partial charge < -0.3 is 14.8 Å². The molecule has 94 valence electrons. The first kappa shape index (κ1) is 12.3. The Kier molecular flexibility index (Phi) is 4.22. The lowest BCUT2D eigenvalue weighted by molar-refractivity contribution is -0.0811. The van der Waals surface area contributed by atoms with Gasteiger partial charge in [0.1, 0.15) is 0 Å². The Morgan fingerprint density at radius 1 is 1.25 bits per heavy atom. The maximum Gasteiger partial charge on any atom is 0.0666 e. The molecule has 2 aliphatic heterocycles. The van der Waals surface area contributed by atoms with E-state index in [9.17, 15) is 0 Å². The van der Waals surface area contributed by atoms with Gasteiger partial charge in [-0.2, -0.15) is 0 Å². The summed E-state index contributed by atoms with van der Waals surface area (Å²) in [5.41, 5.74) is 0.0887. The van der Waals surface area contributed by atoms with E-state index in [0.717, 1.165) is 39.1 Å². The van der Waals surface area contributed by atoms with Crippen molar-refractivity contribution in [2.75, 3.05) is 19.8 Å². The lowest BCUT2D eigenvalue weighted by Crippen LogP contribution is -2.50. The fourth-order valence-electron chi connectivity index (χ4n) is 2.72. The summed E-state index contributed by atoms with van der Waals surface area (Å²) in [6, 6.07) is 1.18. The predicted octanol–water partition coefficient (Wildman–Crippen LogP) is 2.10. The fourth-order valence-corrected chi connectivity index (χ4v) is 2.72. The van der Waals surface area contributed by atoms with Gasteiger partial charge in [0.25, 0.3) is 0 Å². The minimum atomic E-state index is 0.0887. The third-order valence-electron chi connectivity index (χ3n) is 3.97. The molecule has 2 heterocycles. The highest BCUT2D eigenvalue weighted by Gasteiger charge is 2.32. The van der Waals surface area contributed by atoms with Crippen LogP contribution >= 0.6 is 0 Å². The van der Waals surface area contributed by atoms with Crippen molar-refractivity contribution in [3.8, 4) is 0 Å². The zero-order valence-electron chi connectivity index (χ0n) is 10.6. The first-order chi connectivity index (χ1) is 7.72. The zero-order valence-corrected chi connectivity index (χ0v) is 10.6. The van der Waals surface area contributed by atoms with E-state index in [4.69, 9.17) is 9.47 Å². The second-order valence-corrected chi connectivity index (χ2v) is 5.42. The monoisotopic (exact) mass is 227 g/mol. The van der Waals surface area contributed by atoms with Crippen LogP contribution in [-0.4, -0.2) is 37.5 Å². The lowest BCUT2D eigenvalue weighted by Gasteiger charge is -2.40. The molecule has 1 N–H and O–H groups in total. The molecule has 0 aromatic rings. The van der Waals surface area contributed by atoms with Gasteiger partial charge in [-0.15, -0.1) is 0 Å². The predicted molar refractivity (Wildman–Crippen MR) is 64.6 cm³/mol. The van der Waals surface area contributed by atoms with E-state index in [0.29, 0.717) is 12.1 Å². The van der Waals surface area contributed by atoms with Gasteiger partial charge in [0.05, 0.1) is 12.2 Å². The van der Waals surface area contributed by atoms with Crippen LogP contribution in [0.3, 0.4) is 0 Å². The summed E-state index contributed by atoms with van der Waals surface area (Å²) < 4.78 is 11.4. The highest BCUT2D eigenvalue weighted by molar-refractivity contribution is 4.87. The Morgan fingerprint density at radius 3 is 2.81 bits per heavy atom. The normalized spacial score (nSPS) is 40.9. The fraction of sp³-hybridized carbons (Fsp3) is 1.00. The van der Waals surface area contributed by atoms with Crippen LogP contribution in [0.25, 0.3) is 0 Å². The topological polar surface area (TPSA) is 30.5 Å². The van der Waals surface area contributed by atoms with Gasteiger partial charge in [-0.25, -0.2) is 0 Å². The molecule has 3 unspecified atom stereocenters. The van der Waals surface area contributed by atoms with Crippen molar-refractivity contribution in [2.45, 2.75) is 63.6 Å². The summed E-state index contributed by atoms with van der Waals surface area (Å²) in [6.45, 7) is 7.18. The van der Waals surface area contributed by atoms with E-state index in [-0.39, 0.29) is 5.60 Å². The van der Waals surface area contributed by atoms with Crippen molar-refractivity contribution < 1.29 is 9.47 Å². The van der Waals surface area contributed by atoms with Crippen LogP contribution in [0.5, 0.6) is 0 Å². The quantitative estimate of drug-likeness (QED) is 0.801. The first-order valence-corrected chi connectivity index (χ1v) is 6.69. The summed E-state index contributed by atoms with van der Waals surface area (Å²) in [5.74, 6) is 0. The molecule has 2 fully saturated rings. The summed E-state index contributed by atoms with van der Waals surface area (Å²) in [7, 11) is 0. The van der Waals surface area contributed by atoms with E-state index in [2.05, 4.69) is 19.2 Å². The Hall–Kier alpha value is -0.120. The van der Waals surface area contributed by atoms with Crippen LogP contribution in [0, 0.1) is 0 Å². The van der Waals surface area contributed by atoms with Crippen LogP contribution in [0.4, 0.5) is 0 Å². The largest absolute Gasteiger partial charge is 0.380 e. The van der Waals surface area contributed by atoms with Crippen LogP contribution in [0.1, 0.15) is 46.0 Å². The molecule has 0 spiro atoms. The van der Waals surface area contributed by atoms with E-state index in [1.54, 1.807) is 0 Å². The van der Waals surface area contributed by atoms with Crippen molar-refractivity contribution in [1.29, 1.82) is 0 Å². The molecule has 0 aromatic carbocycles. The molecule has 0 amide bonds. The molecular formula is C13H25NO2. The zero-order chi connectivity index (χ0) is 11.4. The molecule has 2 saturated heterocycles. The second kappa shape index (κ2) is 5.48. The highest BCUT2D eigenvalue weighted by Crippen LogP contribution is 2.28. The Labute approximate surface area is 98.9 Å². The molecular weight excluding hydrogens is 202 g/mol. The van der Waals surface area contributed by atoms with Crippen molar-refractivity contribution in [1.82, 2.24) is 5.32 Å². The number of hydrogen-bond acceptors (Lipinski definition) is 3. The highest BCUT2D eigenvalue weighted by atomic mass is 16.5. The van der Waals surface area contributed by atoms with E-state index >= 15 is 0 Å². The van der Waals surface area contributed by atoms with Gasteiger partial charge in [0, 0.05) is 25.3 Å². The second-order valence-electron chi connectivity index (χ2n) is 5.42. The Bertz CT molecular complexity index is 216. The lowest BCUT2D eigenvalue weighted by atomic mass is 9.89. The van der Waals surface area contributed by atoms with Crippen molar-refractivity contribution in [2.24, 2.45) is 0 Å². The molecule has 0 aromatic heterocycles. The van der Waals surface area contributed by atoms with E-state index in [1.807, 2.05) is 0 Å². The molecule has 0 saturated carbocycles. The molecule has 0 radical (unpaired) electrons. The summed E-state index contributed by atoms with van der Waals surface area (Å²) in [4.78, 5) is 0. The molecule has 2 rings (SSSR count). The molecule has 16 heavy (non-hydrogen) atoms. The van der Waals surface area contributed by atoms with Gasteiger partial charge in [0.15, 0.2) is 0 Å². The van der Waals surface area contributed by atoms with Crippen molar-refractivity contribution >= 4 is 0 Å². The van der Waals surface area contributed by atoms with Crippen LogP contribution in [0.2, 0.25) is 0 Å². The molecule has 0 aliphatic carbocycles. The smallest absolute Gasteiger partial charge is 0.0666 e. The van der Waals surface area contributed by atoms with Crippen LogP contribution in [0.15, 0.2) is 0 Å². The van der Waals surface area contributed by atoms with Gasteiger partial charge in [0.2, 0.25) is 0 Å². The van der Waals surface area contributed by atoms with Crippen molar-refractivity contribution in [3.63, 3.8) is 0 Å². The first-order valence-electron chi connectivity index (χ1n) is 6.69. The number of rotatable bonds is 3. The standard InChI is InChI=1S/C13H25NO2/c1-3-13(2)9-11(6-8-16-13)14-12-5-4-7-15-10-12/h11-12,14H,3-10H2,1-2H3. The van der Waals surface area contributed by atoms with Gasteiger partial charge in [-0.1, -0.05) is 6.92 Å². The minimum Gasteiger partial charge on any atom is -0.380 e. The van der Waals surface area contributed by atoms with Crippen LogP contribution in [-0.2, 0) is 9.47 Å². The maximum atomic E-state index is 5.86. The molecule has 3 nitrogen and oxygen atoms in total. The maximum absolute atomic E-state index is 5.86. The number of ether oxygens (including phenoxy) is 2. The third kappa shape index (κ3) is 3.19. The van der Waals surface area contributed by atoms with E-state index in [1.165, 1.54) is 12.8 Å². The van der Waals surface area contributed by atoms with Gasteiger partial charge >= 0.3 is 0 Å². The van der Waals surface area contributed by atoms with E-state index < -0.39 is 0 Å². The minimum absolute atomic E-state index is 0.0887. The molecule has 3 atom stereocenters. The Balaban J connectivity index is 1.80. The average Bonchev–Trinajstić information content (AvgIpc) is 2.30. The van der Waals surface area contributed by atoms with Gasteiger partial charge in [-0.3, -0.25) is 0 Å². The molecule has 2 aliphatic rings. The summed E-state index contributed by atoms with van der Waals surface area (Å²) >= 11 is 0. The molecule has 3 heteroatoms. The molecule has 0 bridgehead atoms. The SMILES string of the molecule is CCC1(C)CC(NC2CCCOC2)CCO1.